The van der Waals surface area contributed by atoms with Crippen LogP contribution in [0.3, 0.4) is 0 Å². The van der Waals surface area contributed by atoms with Crippen LogP contribution in [0.2, 0.25) is 0 Å². The second-order valence-electron chi connectivity index (χ2n) is 26.2. The summed E-state index contributed by atoms with van der Waals surface area (Å²) in [5.74, 6) is -0.436. The lowest BCUT2D eigenvalue weighted by molar-refractivity contribution is -0.151. The van der Waals surface area contributed by atoms with Crippen molar-refractivity contribution in [2.24, 2.45) is 34.2 Å². The number of nitrogens with zero attached hydrogens (tertiary/aromatic N) is 14. The molecule has 702 valence electrons. The summed E-state index contributed by atoms with van der Waals surface area (Å²) in [5, 5.41) is 54.0. The molecule has 0 amide bonds. The minimum absolute atomic E-state index is 0. The van der Waals surface area contributed by atoms with E-state index in [2.05, 4.69) is 221 Å². The van der Waals surface area contributed by atoms with E-state index in [0.717, 1.165) is 112 Å². The number of H-pyrrole nitrogens is 3. The van der Waals surface area contributed by atoms with Crippen LogP contribution in [-0.4, -0.2) is 178 Å². The van der Waals surface area contributed by atoms with Gasteiger partial charge in [0, 0.05) is 81.3 Å². The molecule has 0 aromatic carbocycles. The third-order valence-corrected chi connectivity index (χ3v) is 22.4. The lowest BCUT2D eigenvalue weighted by atomic mass is 9.76. The van der Waals surface area contributed by atoms with E-state index in [1.54, 1.807) is 74.8 Å². The van der Waals surface area contributed by atoms with Crippen LogP contribution < -0.4 is 17.2 Å². The first-order valence-electron chi connectivity index (χ1n) is 38.1. The standard InChI is InChI=1S/C32H37N13O2S2.C23H30N4O2S2.3C4H11N.3C4H8S.6CH4.3H2O.3H2S/c1-21-8-14-48-29(21)24(30-22(2)9-15-49-30)7-4-11-44-10-3-6-23(19-44)31(46)47-13-5-12-45-20-28(39-43-45)32(25-16-33-40-36-25,26-17-34-41-37-26)27-18-35-42-38-27;1-17-8-14-30-21(17)20(22-18(2)9-15-31-22)7-4-12-27-11-3-6-19(16-27)23(28)29-13-5-10-25-26-24;3*1-2-3-4-5;3*1-3-4(2)5;;;;;;;;;;;;/h7-9,14-18,20,23H,3-6,10-13,19H2,1-2H3,(H,33,36,40)(H,34,37,41)(H,35,38,42);7-9,14-15,19H,3-6,10-13,16H2,1-2H3;3*2-5H2,1H3;3*3,5H,1-2H3;6*1H4;6*1H2/b;;;;;3*4-3+;;;;;;;;;;;;/t23-;19-;;;;;;;;;;;;;;;;;;/m01................../s1. The van der Waals surface area contributed by atoms with Gasteiger partial charge in [-0.2, -0.15) is 86.7 Å². The predicted molar refractivity (Wildman–Crippen MR) is 551 cm³/mol. The van der Waals surface area contributed by atoms with Gasteiger partial charge in [0.25, 0.3) is 0 Å². The molecule has 2 aliphatic rings. The van der Waals surface area contributed by atoms with Crippen LogP contribution in [0, 0.1) is 39.5 Å². The fourth-order valence-corrected chi connectivity index (χ4v) is 15.0. The van der Waals surface area contributed by atoms with Gasteiger partial charge in [-0.25, -0.2) is 0 Å². The molecule has 37 heteroatoms. The molecule has 27 nitrogen and oxygen atoms in total. The third kappa shape index (κ3) is 50.4. The molecule has 15 N–H and O–H groups in total. The second-order valence-corrected chi connectivity index (χ2v) is 32.0. The molecule has 0 unspecified atom stereocenters. The van der Waals surface area contributed by atoms with Gasteiger partial charge in [-0.1, -0.05) is 125 Å². The topological polar surface area (TPSA) is 436 Å². The van der Waals surface area contributed by atoms with E-state index < -0.39 is 5.41 Å². The summed E-state index contributed by atoms with van der Waals surface area (Å²) >= 11 is 19.1. The minimum Gasteiger partial charge on any atom is -0.465 e. The number of hydrogen-bond acceptors (Lipinski definition) is 25. The van der Waals surface area contributed by atoms with Crippen molar-refractivity contribution in [1.82, 2.24) is 71.0 Å². The molecule has 122 heavy (non-hydrogen) atoms. The van der Waals surface area contributed by atoms with E-state index in [-0.39, 0.29) is 132 Å². The van der Waals surface area contributed by atoms with Crippen LogP contribution in [0.5, 0.6) is 0 Å². The van der Waals surface area contributed by atoms with E-state index in [0.29, 0.717) is 55.3 Å². The molecular formula is C85H160N20O7S10. The fraction of sp³-hybridized carbons (Fsp3) is 0.576. The van der Waals surface area contributed by atoms with Gasteiger partial charge in [0.15, 0.2) is 5.41 Å². The maximum atomic E-state index is 13.1. The molecule has 8 aromatic heterocycles. The van der Waals surface area contributed by atoms with Gasteiger partial charge in [0.05, 0.1) is 49.8 Å². The van der Waals surface area contributed by atoms with E-state index in [9.17, 15) is 9.59 Å². The zero-order valence-electron chi connectivity index (χ0n) is 70.2. The lowest BCUT2D eigenvalue weighted by Gasteiger charge is -2.31. The molecule has 0 aliphatic carbocycles. The molecule has 8 aromatic rings. The maximum absolute atomic E-state index is 13.1. The normalized spacial score (nSPS) is 12.9. The largest absolute Gasteiger partial charge is 0.465 e. The second kappa shape index (κ2) is 82.1. The lowest BCUT2D eigenvalue weighted by Crippen LogP contribution is -2.39. The summed E-state index contributed by atoms with van der Waals surface area (Å²) in [5.41, 5.74) is 32.5. The molecular weight excluding hydrogens is 1730 g/mol. The highest BCUT2D eigenvalue weighted by Gasteiger charge is 2.48. The Balaban J connectivity index is -0.000000185. The van der Waals surface area contributed by atoms with E-state index in [1.807, 2.05) is 59.8 Å². The minimum atomic E-state index is -1.16. The SMILES string of the molecule is C.C.C.C.C.C.C/C=C(\C)S.C/C=C(\C)S.C/C=C(\C)S.CCCCN.CCCCN.CCCCN.Cc1ccsc1C(=CCCN1CCC[C@@H](C(=O)OCCCN=[N+]=[N-])C1)c1sccc1C.Cc1ccsc1C(=CCCN1CCC[C@H](C(=O)OCCCn2cc(C(c3cn[nH]n3)(c3cn[nH]n3)c3cn[nH]n3)nn2)C1)c1sccc1C.O.O.O.S.S.S. The average molecular weight is 1900 g/mol. The van der Waals surface area contributed by atoms with Crippen LogP contribution in [0.25, 0.3) is 21.6 Å². The number of carbonyl (C=O) groups is 2. The number of piperidine rings is 2. The van der Waals surface area contributed by atoms with Crippen molar-refractivity contribution in [3.8, 4) is 0 Å². The number of ether oxygens (including phenoxy) is 2. The number of nitrogens with two attached hydrogens (primary N) is 3. The highest BCUT2D eigenvalue weighted by Crippen LogP contribution is 2.41. The van der Waals surface area contributed by atoms with Crippen molar-refractivity contribution in [3.05, 3.63) is 191 Å². The Hall–Kier alpha value is -5.91. The first-order chi connectivity index (χ1) is 53.2. The summed E-state index contributed by atoms with van der Waals surface area (Å²) in [6.45, 7) is 36.2. The summed E-state index contributed by atoms with van der Waals surface area (Å²) < 4.78 is 12.9. The fourth-order valence-electron chi connectivity index (χ4n) is 11.0. The highest BCUT2D eigenvalue weighted by molar-refractivity contribution is 7.84. The number of thiol groups is 3. The smallest absolute Gasteiger partial charge is 0.310 e. The van der Waals surface area contributed by atoms with Crippen LogP contribution >= 0.6 is 124 Å². The average Bonchev–Trinajstić information content (AvgIpc) is 1.54. The summed E-state index contributed by atoms with van der Waals surface area (Å²) in [6.07, 6.45) is 31.1. The quantitative estimate of drug-likeness (QED) is 0.00504. The Morgan fingerprint density at radius 1 is 0.549 bits per heavy atom. The molecule has 2 aliphatic heterocycles. The molecule has 0 radical (unpaired) electrons. The number of nitrogens with one attached hydrogen (secondary N) is 3. The van der Waals surface area contributed by atoms with Gasteiger partial charge in [-0.05, 0) is 254 Å². The van der Waals surface area contributed by atoms with Crippen molar-refractivity contribution in [1.29, 1.82) is 0 Å². The van der Waals surface area contributed by atoms with Gasteiger partial charge < -0.3 is 52.9 Å². The molecule has 0 saturated carbocycles. The van der Waals surface area contributed by atoms with Gasteiger partial charge in [0.2, 0.25) is 0 Å². The zero-order valence-corrected chi connectivity index (χ0v) is 79.1. The molecule has 10 rings (SSSR count). The molecule has 2 atom stereocenters. The van der Waals surface area contributed by atoms with Gasteiger partial charge >= 0.3 is 11.9 Å². The first kappa shape index (κ1) is 137. The van der Waals surface area contributed by atoms with Crippen LogP contribution in [0.4, 0.5) is 0 Å². The van der Waals surface area contributed by atoms with Crippen LogP contribution in [0.1, 0.15) is 261 Å². The molecule has 0 spiro atoms. The van der Waals surface area contributed by atoms with Crippen molar-refractivity contribution in [2.75, 3.05) is 78.7 Å². The first-order valence-corrected chi connectivity index (χ1v) is 43.0. The third-order valence-electron chi connectivity index (χ3n) is 17.4. The van der Waals surface area contributed by atoms with Crippen LogP contribution in [-0.2, 0) is 31.0 Å². The van der Waals surface area contributed by atoms with Crippen molar-refractivity contribution >= 4 is 147 Å². The molecule has 10 heterocycles. The molecule has 0 bridgehead atoms. The number of unbranched alkanes of at least 4 members (excludes halogenated alkanes) is 3. The number of aromatic amines is 3. The predicted octanol–water partition coefficient (Wildman–Crippen LogP) is 19.6. The van der Waals surface area contributed by atoms with E-state index in [4.69, 9.17) is 32.2 Å². The number of likely N-dealkylation sites (tertiary alicyclic amines) is 2. The van der Waals surface area contributed by atoms with Crippen LogP contribution in [0.15, 0.2) is 121 Å². The number of rotatable bonds is 30. The monoisotopic (exact) mass is 1890 g/mol. The number of hydrogen-bond donors (Lipinski definition) is 9. The number of allylic oxidation sites excluding steroid dienone is 6. The highest BCUT2D eigenvalue weighted by atomic mass is 32.1. The van der Waals surface area contributed by atoms with E-state index in [1.165, 1.54) is 91.4 Å². The van der Waals surface area contributed by atoms with Gasteiger partial charge in [0.1, 0.15) is 22.8 Å². The Bertz CT molecular complexity index is 3730. The Kier molecular flexibility index (Phi) is 91.9. The van der Waals surface area contributed by atoms with Gasteiger partial charge in [-0.3, -0.25) is 14.3 Å². The number of aromatic nitrogens is 12. The van der Waals surface area contributed by atoms with Crippen molar-refractivity contribution in [2.45, 2.75) is 236 Å². The van der Waals surface area contributed by atoms with Crippen molar-refractivity contribution in [3.63, 3.8) is 0 Å². The Morgan fingerprint density at radius 3 is 1.12 bits per heavy atom. The molecule has 2 fully saturated rings. The summed E-state index contributed by atoms with van der Waals surface area (Å²) in [6, 6.07) is 8.74. The maximum Gasteiger partial charge on any atom is 0.310 e. The molecule has 2 saturated heterocycles. The number of carbonyl (C=O) groups excluding carboxylic acids is 2. The van der Waals surface area contributed by atoms with Crippen molar-refractivity contribution < 1.29 is 35.5 Å². The Morgan fingerprint density at radius 2 is 0.869 bits per heavy atom. The number of esters is 2. The van der Waals surface area contributed by atoms with E-state index >= 15 is 0 Å². The van der Waals surface area contributed by atoms with Gasteiger partial charge in [-0.15, -0.1) is 88.3 Å². The number of azide groups is 1. The zero-order chi connectivity index (χ0) is 80.9. The number of aryl methyl sites for hydroxylation is 5. The Labute approximate surface area is 787 Å². The summed E-state index contributed by atoms with van der Waals surface area (Å²) in [7, 11) is 0. The number of thiophene rings is 4. The summed E-state index contributed by atoms with van der Waals surface area (Å²) in [4.78, 5) is 41.6.